The predicted octanol–water partition coefficient (Wildman–Crippen LogP) is 4.16. The molecule has 9 nitrogen and oxygen atoms in total. The minimum Gasteiger partial charge on any atom is -0.379 e. The third-order valence-electron chi connectivity index (χ3n) is 5.31. The fraction of sp³-hybridized carbons (Fsp3) is 0.348. The Morgan fingerprint density at radius 3 is 2.37 bits per heavy atom. The van der Waals surface area contributed by atoms with E-state index in [1.54, 1.807) is 12.1 Å². The van der Waals surface area contributed by atoms with Crippen LogP contribution >= 0.6 is 23.1 Å². The molecule has 2 N–H and O–H groups in total. The molecule has 35 heavy (non-hydrogen) atoms. The van der Waals surface area contributed by atoms with Crippen LogP contribution in [0.25, 0.3) is 0 Å². The maximum atomic E-state index is 12.7. The van der Waals surface area contributed by atoms with E-state index in [-0.39, 0.29) is 16.6 Å². The minimum absolute atomic E-state index is 0.158. The van der Waals surface area contributed by atoms with Gasteiger partial charge in [0.2, 0.25) is 21.1 Å². The Balaban J connectivity index is 1.27. The molecule has 0 bridgehead atoms. The standard InChI is InChI=1S/C23H27N5O4S3/c1-16(2)17-3-5-19(6-4-17)25-22-26-27-23(34-22)33-15-21(29)24-18-7-9-20(10-8-18)35(30,31)28-11-13-32-14-12-28/h3-10,16H,11-15H2,1-2H3,(H,24,29)(H,25,26). The summed E-state index contributed by atoms with van der Waals surface area (Å²) in [6, 6.07) is 14.4. The molecule has 4 rings (SSSR count). The molecule has 0 radical (unpaired) electrons. The second-order valence-corrected chi connectivity index (χ2v) is 12.3. The number of amides is 1. The first-order valence-electron chi connectivity index (χ1n) is 11.1. The maximum Gasteiger partial charge on any atom is 0.243 e. The van der Waals surface area contributed by atoms with Crippen LogP contribution in [0.15, 0.2) is 57.8 Å². The van der Waals surface area contributed by atoms with Gasteiger partial charge in [0.15, 0.2) is 4.34 Å². The summed E-state index contributed by atoms with van der Waals surface area (Å²) in [6.07, 6.45) is 0. The van der Waals surface area contributed by atoms with Crippen molar-refractivity contribution in [3.05, 3.63) is 54.1 Å². The number of benzene rings is 2. The second-order valence-electron chi connectivity index (χ2n) is 8.15. The third kappa shape index (κ3) is 6.79. The second kappa shape index (κ2) is 11.5. The van der Waals surface area contributed by atoms with Crippen LogP contribution in [0.3, 0.4) is 0 Å². The van der Waals surface area contributed by atoms with Crippen molar-refractivity contribution in [2.45, 2.75) is 29.0 Å². The molecular weight excluding hydrogens is 506 g/mol. The highest BCUT2D eigenvalue weighted by Gasteiger charge is 2.26. The highest BCUT2D eigenvalue weighted by atomic mass is 32.2. The molecule has 1 aliphatic rings. The van der Waals surface area contributed by atoms with E-state index in [0.29, 0.717) is 47.4 Å². The lowest BCUT2D eigenvalue weighted by atomic mass is 10.0. The molecule has 1 amide bonds. The van der Waals surface area contributed by atoms with Gasteiger partial charge in [0.05, 0.1) is 23.9 Å². The third-order valence-corrected chi connectivity index (χ3v) is 9.19. The number of morpholine rings is 1. The Morgan fingerprint density at radius 2 is 1.71 bits per heavy atom. The van der Waals surface area contributed by atoms with Crippen molar-refractivity contribution in [2.24, 2.45) is 0 Å². The summed E-state index contributed by atoms with van der Waals surface area (Å²) < 4.78 is 32.7. The fourth-order valence-corrected chi connectivity index (χ4v) is 6.34. The van der Waals surface area contributed by atoms with Crippen LogP contribution in [0.4, 0.5) is 16.5 Å². The van der Waals surface area contributed by atoms with E-state index in [1.165, 1.54) is 45.1 Å². The van der Waals surface area contributed by atoms with Gasteiger partial charge in [0.25, 0.3) is 0 Å². The lowest BCUT2D eigenvalue weighted by molar-refractivity contribution is -0.113. The minimum atomic E-state index is -3.56. The zero-order valence-corrected chi connectivity index (χ0v) is 21.9. The number of aromatic nitrogens is 2. The summed E-state index contributed by atoms with van der Waals surface area (Å²) in [6.45, 7) is 5.76. The normalized spacial score (nSPS) is 14.7. The van der Waals surface area contributed by atoms with E-state index in [4.69, 9.17) is 4.74 Å². The number of hydrogen-bond acceptors (Lipinski definition) is 9. The van der Waals surface area contributed by atoms with E-state index in [0.717, 1.165) is 5.69 Å². The van der Waals surface area contributed by atoms with Gasteiger partial charge < -0.3 is 15.4 Å². The summed E-state index contributed by atoms with van der Waals surface area (Å²) in [5.74, 6) is 0.416. The molecule has 1 aromatic heterocycles. The number of carbonyl (C=O) groups excluding carboxylic acids is 1. The molecule has 1 fully saturated rings. The van der Waals surface area contributed by atoms with Gasteiger partial charge >= 0.3 is 0 Å². The number of sulfonamides is 1. The summed E-state index contributed by atoms with van der Waals surface area (Å²) in [5.41, 5.74) is 2.73. The summed E-state index contributed by atoms with van der Waals surface area (Å²) in [7, 11) is -3.56. The molecule has 1 saturated heterocycles. The van der Waals surface area contributed by atoms with E-state index in [2.05, 4.69) is 46.8 Å². The van der Waals surface area contributed by atoms with Crippen LogP contribution in [-0.4, -0.2) is 60.9 Å². The van der Waals surface area contributed by atoms with Gasteiger partial charge in [-0.1, -0.05) is 49.1 Å². The number of anilines is 3. The van der Waals surface area contributed by atoms with Gasteiger partial charge in [-0.25, -0.2) is 8.42 Å². The smallest absolute Gasteiger partial charge is 0.243 e. The fourth-order valence-electron chi connectivity index (χ4n) is 3.36. The van der Waals surface area contributed by atoms with Crippen molar-refractivity contribution < 1.29 is 17.9 Å². The van der Waals surface area contributed by atoms with Crippen LogP contribution in [0.2, 0.25) is 0 Å². The Labute approximate surface area is 213 Å². The van der Waals surface area contributed by atoms with Gasteiger partial charge in [-0.15, -0.1) is 10.2 Å². The highest BCUT2D eigenvalue weighted by molar-refractivity contribution is 8.01. The lowest BCUT2D eigenvalue weighted by Gasteiger charge is -2.26. The van der Waals surface area contributed by atoms with Crippen LogP contribution in [0, 0.1) is 0 Å². The number of rotatable bonds is 9. The summed E-state index contributed by atoms with van der Waals surface area (Å²) >= 11 is 2.66. The monoisotopic (exact) mass is 533 g/mol. The average Bonchev–Trinajstić information content (AvgIpc) is 3.31. The Kier molecular flexibility index (Phi) is 8.39. The Hall–Kier alpha value is -2.51. The maximum absolute atomic E-state index is 12.7. The number of nitrogens with one attached hydrogen (secondary N) is 2. The lowest BCUT2D eigenvalue weighted by Crippen LogP contribution is -2.40. The zero-order chi connectivity index (χ0) is 24.8. The molecule has 3 aromatic rings. The van der Waals surface area contributed by atoms with Gasteiger partial charge in [-0.05, 0) is 47.9 Å². The van der Waals surface area contributed by atoms with Crippen molar-refractivity contribution in [2.75, 3.05) is 42.7 Å². The largest absolute Gasteiger partial charge is 0.379 e. The number of thioether (sulfide) groups is 1. The van der Waals surface area contributed by atoms with E-state index in [9.17, 15) is 13.2 Å². The predicted molar refractivity (Wildman–Crippen MR) is 139 cm³/mol. The summed E-state index contributed by atoms with van der Waals surface area (Å²) in [5, 5.41) is 14.9. The van der Waals surface area contributed by atoms with Crippen molar-refractivity contribution in [1.82, 2.24) is 14.5 Å². The van der Waals surface area contributed by atoms with Crippen LogP contribution in [0.5, 0.6) is 0 Å². The van der Waals surface area contributed by atoms with Crippen LogP contribution < -0.4 is 10.6 Å². The molecule has 0 saturated carbocycles. The number of nitrogens with zero attached hydrogens (tertiary/aromatic N) is 3. The molecular formula is C23H27N5O4S3. The SMILES string of the molecule is CC(C)c1ccc(Nc2nnc(SCC(=O)Nc3ccc(S(=O)(=O)N4CCOCC4)cc3)s2)cc1. The molecule has 12 heteroatoms. The zero-order valence-electron chi connectivity index (χ0n) is 19.4. The number of ether oxygens (including phenoxy) is 1. The molecule has 0 aliphatic carbocycles. The molecule has 0 spiro atoms. The first kappa shape index (κ1) is 25.6. The Bertz CT molecular complexity index is 1240. The first-order valence-corrected chi connectivity index (χ1v) is 14.4. The summed E-state index contributed by atoms with van der Waals surface area (Å²) in [4.78, 5) is 12.6. The molecule has 1 aliphatic heterocycles. The van der Waals surface area contributed by atoms with Gasteiger partial charge in [-0.2, -0.15) is 4.31 Å². The molecule has 0 unspecified atom stereocenters. The molecule has 0 atom stereocenters. The number of hydrogen-bond donors (Lipinski definition) is 2. The van der Waals surface area contributed by atoms with Gasteiger partial charge in [0, 0.05) is 24.5 Å². The molecule has 2 heterocycles. The van der Waals surface area contributed by atoms with Crippen LogP contribution in [-0.2, 0) is 19.6 Å². The van der Waals surface area contributed by atoms with E-state index < -0.39 is 10.0 Å². The quantitative estimate of drug-likeness (QED) is 0.394. The van der Waals surface area contributed by atoms with Gasteiger partial charge in [-0.3, -0.25) is 4.79 Å². The van der Waals surface area contributed by atoms with E-state index in [1.807, 2.05) is 12.1 Å². The molecule has 2 aromatic carbocycles. The van der Waals surface area contributed by atoms with Crippen molar-refractivity contribution in [3.8, 4) is 0 Å². The molecule has 186 valence electrons. The van der Waals surface area contributed by atoms with E-state index >= 15 is 0 Å². The first-order chi connectivity index (χ1) is 16.8. The Morgan fingerprint density at radius 1 is 1.06 bits per heavy atom. The highest BCUT2D eigenvalue weighted by Crippen LogP contribution is 2.28. The van der Waals surface area contributed by atoms with Gasteiger partial charge in [0.1, 0.15) is 0 Å². The van der Waals surface area contributed by atoms with Crippen LogP contribution in [0.1, 0.15) is 25.3 Å². The van der Waals surface area contributed by atoms with Crippen molar-refractivity contribution >= 4 is 55.5 Å². The van der Waals surface area contributed by atoms with Crippen molar-refractivity contribution in [3.63, 3.8) is 0 Å². The average molecular weight is 534 g/mol. The number of carbonyl (C=O) groups is 1. The van der Waals surface area contributed by atoms with Crippen molar-refractivity contribution in [1.29, 1.82) is 0 Å². The topological polar surface area (TPSA) is 114 Å².